The Morgan fingerprint density at radius 3 is 2.95 bits per heavy atom. The maximum absolute atomic E-state index is 11.6. The first kappa shape index (κ1) is 14.5. The molecule has 0 saturated carbocycles. The van der Waals surface area contributed by atoms with E-state index in [0.717, 1.165) is 18.8 Å². The Labute approximate surface area is 122 Å². The van der Waals surface area contributed by atoms with Gasteiger partial charge in [0.25, 0.3) is 0 Å². The van der Waals surface area contributed by atoms with E-state index in [0.29, 0.717) is 16.3 Å². The minimum absolute atomic E-state index is 0.0856. The molecule has 0 aliphatic carbocycles. The van der Waals surface area contributed by atoms with E-state index in [1.807, 2.05) is 0 Å². The van der Waals surface area contributed by atoms with Crippen LogP contribution in [0.15, 0.2) is 24.5 Å². The average molecular weight is 294 g/mol. The molecular weight excluding hydrogens is 278 g/mol. The third-order valence-electron chi connectivity index (χ3n) is 2.81. The first-order chi connectivity index (χ1) is 9.61. The molecule has 0 amide bonds. The van der Waals surface area contributed by atoms with Crippen LogP contribution in [-0.2, 0) is 13.2 Å². The maximum Gasteiger partial charge on any atom is 0.164 e. The monoisotopic (exact) mass is 293 g/mol. The fraction of sp³-hybridized carbons (Fsp3) is 0.357. The molecule has 106 valence electrons. The highest BCUT2D eigenvalue weighted by Crippen LogP contribution is 2.24. The summed E-state index contributed by atoms with van der Waals surface area (Å²) in [6, 6.07) is 5.00. The third kappa shape index (κ3) is 3.36. The predicted octanol–water partition coefficient (Wildman–Crippen LogP) is 3.12. The van der Waals surface area contributed by atoms with E-state index in [4.69, 9.17) is 16.3 Å². The Kier molecular flexibility index (Phi) is 4.74. The SMILES string of the molecule is CCCn1ncnc1COc1ccc(Cl)cc1C(C)=O. The lowest BCUT2D eigenvalue weighted by Crippen LogP contribution is -2.09. The predicted molar refractivity (Wildman–Crippen MR) is 76.1 cm³/mol. The Morgan fingerprint density at radius 1 is 1.45 bits per heavy atom. The molecule has 0 bridgehead atoms. The quantitative estimate of drug-likeness (QED) is 0.768. The number of aryl methyl sites for hydroxylation is 1. The van der Waals surface area contributed by atoms with Gasteiger partial charge in [-0.1, -0.05) is 18.5 Å². The van der Waals surface area contributed by atoms with Crippen LogP contribution < -0.4 is 4.74 Å². The van der Waals surface area contributed by atoms with Crippen LogP contribution in [-0.4, -0.2) is 20.5 Å². The molecule has 1 aromatic carbocycles. The standard InChI is InChI=1S/C14H16ClN3O2/c1-3-6-18-14(16-9-17-18)8-20-13-5-4-11(15)7-12(13)10(2)19/h4-5,7,9H,3,6,8H2,1-2H3. The molecule has 5 nitrogen and oxygen atoms in total. The lowest BCUT2D eigenvalue weighted by atomic mass is 10.1. The molecule has 2 rings (SSSR count). The number of halogens is 1. The van der Waals surface area contributed by atoms with E-state index < -0.39 is 0 Å². The number of ether oxygens (including phenoxy) is 1. The molecule has 0 unspecified atom stereocenters. The van der Waals surface area contributed by atoms with E-state index in [1.165, 1.54) is 13.3 Å². The molecule has 0 radical (unpaired) electrons. The van der Waals surface area contributed by atoms with Crippen molar-refractivity contribution in [2.45, 2.75) is 33.4 Å². The number of benzene rings is 1. The highest BCUT2D eigenvalue weighted by Gasteiger charge is 2.11. The Balaban J connectivity index is 2.14. The van der Waals surface area contributed by atoms with Crippen LogP contribution in [0.3, 0.4) is 0 Å². The van der Waals surface area contributed by atoms with E-state index in [2.05, 4.69) is 17.0 Å². The van der Waals surface area contributed by atoms with E-state index in [-0.39, 0.29) is 12.4 Å². The number of ketones is 1. The molecule has 0 aliphatic heterocycles. The summed E-state index contributed by atoms with van der Waals surface area (Å²) in [7, 11) is 0. The largest absolute Gasteiger partial charge is 0.485 e. The Bertz CT molecular complexity index is 610. The first-order valence-electron chi connectivity index (χ1n) is 6.41. The summed E-state index contributed by atoms with van der Waals surface area (Å²) in [5.41, 5.74) is 0.471. The van der Waals surface area contributed by atoms with Crippen LogP contribution in [0.1, 0.15) is 36.5 Å². The second-order valence-electron chi connectivity index (χ2n) is 4.38. The fourth-order valence-electron chi connectivity index (χ4n) is 1.84. The van der Waals surface area contributed by atoms with Gasteiger partial charge < -0.3 is 4.74 Å². The van der Waals surface area contributed by atoms with Crippen molar-refractivity contribution in [3.63, 3.8) is 0 Å². The summed E-state index contributed by atoms with van der Waals surface area (Å²) in [4.78, 5) is 15.7. The Morgan fingerprint density at radius 2 is 2.25 bits per heavy atom. The highest BCUT2D eigenvalue weighted by atomic mass is 35.5. The van der Waals surface area contributed by atoms with Crippen LogP contribution >= 0.6 is 11.6 Å². The first-order valence-corrected chi connectivity index (χ1v) is 6.79. The summed E-state index contributed by atoms with van der Waals surface area (Å²) in [6.45, 7) is 4.61. The topological polar surface area (TPSA) is 57.0 Å². The molecular formula is C14H16ClN3O2. The van der Waals surface area contributed by atoms with Crippen molar-refractivity contribution in [3.8, 4) is 5.75 Å². The number of hydrogen-bond donors (Lipinski definition) is 0. The lowest BCUT2D eigenvalue weighted by molar-refractivity contribution is 0.101. The van der Waals surface area contributed by atoms with Gasteiger partial charge in [0, 0.05) is 11.6 Å². The van der Waals surface area contributed by atoms with Crippen molar-refractivity contribution in [1.82, 2.24) is 14.8 Å². The molecule has 0 N–H and O–H groups in total. The zero-order valence-electron chi connectivity index (χ0n) is 11.5. The molecule has 1 aromatic heterocycles. The number of Topliss-reactive ketones (excluding diaryl/α,β-unsaturated/α-hetero) is 1. The van der Waals surface area contributed by atoms with E-state index >= 15 is 0 Å². The Hall–Kier alpha value is -1.88. The van der Waals surface area contributed by atoms with Gasteiger partial charge in [-0.15, -0.1) is 0 Å². The second-order valence-corrected chi connectivity index (χ2v) is 4.82. The summed E-state index contributed by atoms with van der Waals surface area (Å²) in [6.07, 6.45) is 2.47. The molecule has 6 heteroatoms. The number of aromatic nitrogens is 3. The van der Waals surface area contributed by atoms with Gasteiger partial charge in [-0.3, -0.25) is 4.79 Å². The number of rotatable bonds is 6. The van der Waals surface area contributed by atoms with Crippen LogP contribution in [0, 0.1) is 0 Å². The molecule has 0 aliphatic rings. The summed E-state index contributed by atoms with van der Waals surface area (Å²) >= 11 is 5.89. The molecule has 1 heterocycles. The van der Waals surface area contributed by atoms with Gasteiger partial charge in [-0.25, -0.2) is 9.67 Å². The van der Waals surface area contributed by atoms with Gasteiger partial charge in [-0.05, 0) is 31.5 Å². The normalized spacial score (nSPS) is 10.6. The lowest BCUT2D eigenvalue weighted by Gasteiger charge is -2.10. The maximum atomic E-state index is 11.6. The van der Waals surface area contributed by atoms with Gasteiger partial charge in [0.15, 0.2) is 11.6 Å². The summed E-state index contributed by atoms with van der Waals surface area (Å²) < 4.78 is 7.48. The van der Waals surface area contributed by atoms with Gasteiger partial charge >= 0.3 is 0 Å². The highest BCUT2D eigenvalue weighted by molar-refractivity contribution is 6.31. The van der Waals surface area contributed by atoms with Crippen molar-refractivity contribution in [1.29, 1.82) is 0 Å². The fourth-order valence-corrected chi connectivity index (χ4v) is 2.02. The number of hydrogen-bond acceptors (Lipinski definition) is 4. The van der Waals surface area contributed by atoms with Gasteiger partial charge in [-0.2, -0.15) is 5.10 Å². The molecule has 0 spiro atoms. The smallest absolute Gasteiger partial charge is 0.164 e. The van der Waals surface area contributed by atoms with Crippen LogP contribution in [0.4, 0.5) is 0 Å². The third-order valence-corrected chi connectivity index (χ3v) is 3.04. The van der Waals surface area contributed by atoms with Crippen molar-refractivity contribution >= 4 is 17.4 Å². The van der Waals surface area contributed by atoms with Gasteiger partial charge in [0.1, 0.15) is 18.7 Å². The molecule has 0 fully saturated rings. The number of nitrogens with zero attached hydrogens (tertiary/aromatic N) is 3. The van der Waals surface area contributed by atoms with Gasteiger partial charge in [0.05, 0.1) is 5.56 Å². The minimum Gasteiger partial charge on any atom is -0.485 e. The van der Waals surface area contributed by atoms with E-state index in [1.54, 1.807) is 22.9 Å². The summed E-state index contributed by atoms with van der Waals surface area (Å²) in [5, 5.41) is 4.64. The average Bonchev–Trinajstić information content (AvgIpc) is 2.85. The summed E-state index contributed by atoms with van der Waals surface area (Å²) in [5.74, 6) is 1.15. The van der Waals surface area contributed by atoms with Crippen molar-refractivity contribution in [2.75, 3.05) is 0 Å². The van der Waals surface area contributed by atoms with Crippen molar-refractivity contribution in [2.24, 2.45) is 0 Å². The number of carbonyl (C=O) groups is 1. The zero-order valence-corrected chi connectivity index (χ0v) is 12.2. The second kappa shape index (κ2) is 6.52. The minimum atomic E-state index is -0.0856. The van der Waals surface area contributed by atoms with Crippen LogP contribution in [0.5, 0.6) is 5.75 Å². The van der Waals surface area contributed by atoms with Crippen molar-refractivity contribution < 1.29 is 9.53 Å². The van der Waals surface area contributed by atoms with Crippen LogP contribution in [0.25, 0.3) is 0 Å². The molecule has 2 aromatic rings. The van der Waals surface area contributed by atoms with Crippen molar-refractivity contribution in [3.05, 3.63) is 40.9 Å². The number of carbonyl (C=O) groups excluding carboxylic acids is 1. The molecule has 0 atom stereocenters. The molecule has 0 saturated heterocycles. The van der Waals surface area contributed by atoms with Gasteiger partial charge in [0.2, 0.25) is 0 Å². The van der Waals surface area contributed by atoms with Crippen LogP contribution in [0.2, 0.25) is 5.02 Å². The zero-order chi connectivity index (χ0) is 14.5. The van der Waals surface area contributed by atoms with E-state index in [9.17, 15) is 4.79 Å². The molecule has 20 heavy (non-hydrogen) atoms.